The van der Waals surface area contributed by atoms with Crippen molar-refractivity contribution in [1.82, 2.24) is 0 Å². The first kappa shape index (κ1) is 17.2. The van der Waals surface area contributed by atoms with Gasteiger partial charge in [-0.05, 0) is 48.4 Å². The third-order valence-electron chi connectivity index (χ3n) is 4.22. The van der Waals surface area contributed by atoms with E-state index in [0.717, 1.165) is 37.8 Å². The van der Waals surface area contributed by atoms with Crippen LogP contribution in [0.5, 0.6) is 0 Å². The summed E-state index contributed by atoms with van der Waals surface area (Å²) in [6, 6.07) is 1.90. The fraction of sp³-hybridized carbons (Fsp3) is 0.625. The Morgan fingerprint density at radius 2 is 1.45 bits per heavy atom. The van der Waals surface area contributed by atoms with Crippen LogP contribution in [0.25, 0.3) is 0 Å². The van der Waals surface area contributed by atoms with Gasteiger partial charge in [0, 0.05) is 0 Å². The molecule has 0 saturated heterocycles. The van der Waals surface area contributed by atoms with Crippen LogP contribution in [-0.2, 0) is 18.8 Å². The second-order valence-electron chi connectivity index (χ2n) is 6.26. The summed E-state index contributed by atoms with van der Waals surface area (Å²) in [7, 11) is 0. The van der Waals surface area contributed by atoms with Gasteiger partial charge in [-0.1, -0.05) is 26.2 Å². The minimum atomic E-state index is -4.77. The van der Waals surface area contributed by atoms with Crippen molar-refractivity contribution < 1.29 is 26.3 Å². The number of alkyl halides is 6. The Bertz CT molecular complexity index is 482. The molecule has 124 valence electrons. The third-order valence-corrected chi connectivity index (χ3v) is 4.22. The topological polar surface area (TPSA) is 0 Å². The van der Waals surface area contributed by atoms with Gasteiger partial charge in [-0.25, -0.2) is 0 Å². The molecule has 1 fully saturated rings. The molecule has 0 bridgehead atoms. The second-order valence-corrected chi connectivity index (χ2v) is 6.26. The van der Waals surface area contributed by atoms with Crippen molar-refractivity contribution in [3.8, 4) is 0 Å². The normalized spacial score (nSPS) is 23.6. The Kier molecular flexibility index (Phi) is 4.78. The number of benzene rings is 1. The first-order chi connectivity index (χ1) is 10.1. The summed E-state index contributed by atoms with van der Waals surface area (Å²) in [5.74, 6) is 0.639. The van der Waals surface area contributed by atoms with E-state index < -0.39 is 23.5 Å². The third kappa shape index (κ3) is 4.40. The molecule has 0 aliphatic heterocycles. The van der Waals surface area contributed by atoms with E-state index in [1.807, 2.05) is 0 Å². The lowest BCUT2D eigenvalue weighted by Crippen LogP contribution is -2.17. The van der Waals surface area contributed by atoms with E-state index in [4.69, 9.17) is 0 Å². The molecule has 1 aliphatic rings. The molecule has 2 rings (SSSR count). The Balaban J connectivity index is 2.29. The Labute approximate surface area is 125 Å². The highest BCUT2D eigenvalue weighted by molar-refractivity contribution is 5.34. The van der Waals surface area contributed by atoms with Crippen molar-refractivity contribution in [2.24, 2.45) is 11.8 Å². The zero-order valence-electron chi connectivity index (χ0n) is 12.2. The Hall–Kier alpha value is -1.20. The van der Waals surface area contributed by atoms with Crippen LogP contribution in [0.3, 0.4) is 0 Å². The zero-order chi connectivity index (χ0) is 16.5. The van der Waals surface area contributed by atoms with Gasteiger partial charge in [-0.2, -0.15) is 26.3 Å². The number of rotatable bonds is 2. The lowest BCUT2D eigenvalue weighted by Gasteiger charge is -2.27. The second kappa shape index (κ2) is 6.13. The van der Waals surface area contributed by atoms with E-state index in [1.54, 1.807) is 0 Å². The Morgan fingerprint density at radius 3 is 1.91 bits per heavy atom. The van der Waals surface area contributed by atoms with Crippen molar-refractivity contribution in [3.63, 3.8) is 0 Å². The monoisotopic (exact) mass is 324 g/mol. The molecule has 6 heteroatoms. The van der Waals surface area contributed by atoms with Gasteiger partial charge in [0.15, 0.2) is 0 Å². The van der Waals surface area contributed by atoms with Crippen LogP contribution in [0.4, 0.5) is 26.3 Å². The Morgan fingerprint density at radius 1 is 0.909 bits per heavy atom. The fourth-order valence-electron chi connectivity index (χ4n) is 3.22. The van der Waals surface area contributed by atoms with E-state index in [2.05, 4.69) is 6.92 Å². The molecule has 2 atom stereocenters. The van der Waals surface area contributed by atoms with Crippen LogP contribution in [0, 0.1) is 11.8 Å². The summed E-state index contributed by atoms with van der Waals surface area (Å²) in [6.07, 6.45) is -5.48. The predicted molar refractivity (Wildman–Crippen MR) is 71.3 cm³/mol. The molecule has 1 aromatic rings. The molecule has 0 aromatic heterocycles. The fourth-order valence-corrected chi connectivity index (χ4v) is 3.22. The van der Waals surface area contributed by atoms with Crippen LogP contribution in [0.15, 0.2) is 18.2 Å². The van der Waals surface area contributed by atoms with Gasteiger partial charge < -0.3 is 0 Å². The summed E-state index contributed by atoms with van der Waals surface area (Å²) in [5.41, 5.74) is -2.32. The van der Waals surface area contributed by atoms with Crippen LogP contribution in [0.1, 0.15) is 49.3 Å². The summed E-state index contributed by atoms with van der Waals surface area (Å²) in [4.78, 5) is 0. The molecule has 0 nitrogen and oxygen atoms in total. The minimum Gasteiger partial charge on any atom is -0.166 e. The van der Waals surface area contributed by atoms with Crippen LogP contribution >= 0.6 is 0 Å². The van der Waals surface area contributed by atoms with E-state index in [0.29, 0.717) is 5.92 Å². The van der Waals surface area contributed by atoms with E-state index in [-0.39, 0.29) is 24.0 Å². The molecule has 0 amide bonds. The summed E-state index contributed by atoms with van der Waals surface area (Å²) >= 11 is 0. The molecule has 1 aromatic carbocycles. The van der Waals surface area contributed by atoms with Gasteiger partial charge in [-0.3, -0.25) is 0 Å². The van der Waals surface area contributed by atoms with Gasteiger partial charge in [0.05, 0.1) is 11.1 Å². The molecule has 0 spiro atoms. The van der Waals surface area contributed by atoms with Gasteiger partial charge in [-0.15, -0.1) is 0 Å². The van der Waals surface area contributed by atoms with Crippen molar-refractivity contribution >= 4 is 0 Å². The molecule has 1 aliphatic carbocycles. The standard InChI is InChI=1S/C16H18F6/c1-10-3-2-4-11(5-10)6-12-7-13(15(17,18)19)9-14(8-12)16(20,21)22/h7-11H,2-6H2,1H3. The van der Waals surface area contributed by atoms with Crippen LogP contribution in [-0.4, -0.2) is 0 Å². The number of halogens is 6. The molecule has 0 radical (unpaired) electrons. The lowest BCUT2D eigenvalue weighted by atomic mass is 9.79. The van der Waals surface area contributed by atoms with Gasteiger partial charge in [0.1, 0.15) is 0 Å². The van der Waals surface area contributed by atoms with Crippen molar-refractivity contribution in [2.45, 2.75) is 51.4 Å². The van der Waals surface area contributed by atoms with Crippen molar-refractivity contribution in [3.05, 3.63) is 34.9 Å². The highest BCUT2D eigenvalue weighted by Crippen LogP contribution is 2.38. The zero-order valence-corrected chi connectivity index (χ0v) is 12.2. The van der Waals surface area contributed by atoms with Gasteiger partial charge in [0.2, 0.25) is 0 Å². The van der Waals surface area contributed by atoms with Crippen LogP contribution in [0.2, 0.25) is 0 Å². The van der Waals surface area contributed by atoms with E-state index >= 15 is 0 Å². The summed E-state index contributed by atoms with van der Waals surface area (Å²) < 4.78 is 76.9. The maximum absolute atomic E-state index is 12.8. The van der Waals surface area contributed by atoms with Gasteiger partial charge in [0.25, 0.3) is 0 Å². The largest absolute Gasteiger partial charge is 0.416 e. The highest BCUT2D eigenvalue weighted by atomic mass is 19.4. The average molecular weight is 324 g/mol. The minimum absolute atomic E-state index is 0.126. The first-order valence-corrected chi connectivity index (χ1v) is 7.34. The molecular weight excluding hydrogens is 306 g/mol. The smallest absolute Gasteiger partial charge is 0.166 e. The summed E-state index contributed by atoms with van der Waals surface area (Å²) in [6.45, 7) is 2.07. The molecule has 0 heterocycles. The first-order valence-electron chi connectivity index (χ1n) is 7.34. The number of hydrogen-bond donors (Lipinski definition) is 0. The van der Waals surface area contributed by atoms with Crippen molar-refractivity contribution in [2.75, 3.05) is 0 Å². The molecular formula is C16H18F6. The molecule has 1 saturated carbocycles. The van der Waals surface area contributed by atoms with Crippen molar-refractivity contribution in [1.29, 1.82) is 0 Å². The maximum Gasteiger partial charge on any atom is 0.416 e. The summed E-state index contributed by atoms with van der Waals surface area (Å²) in [5, 5.41) is 0. The molecule has 0 N–H and O–H groups in total. The highest BCUT2D eigenvalue weighted by Gasteiger charge is 2.37. The van der Waals surface area contributed by atoms with Gasteiger partial charge >= 0.3 is 12.4 Å². The quantitative estimate of drug-likeness (QED) is 0.577. The number of hydrogen-bond acceptors (Lipinski definition) is 0. The maximum atomic E-state index is 12.8. The van der Waals surface area contributed by atoms with Crippen LogP contribution < -0.4 is 0 Å². The average Bonchev–Trinajstić information content (AvgIpc) is 2.36. The van der Waals surface area contributed by atoms with E-state index in [9.17, 15) is 26.3 Å². The van der Waals surface area contributed by atoms with E-state index in [1.165, 1.54) is 0 Å². The lowest BCUT2D eigenvalue weighted by molar-refractivity contribution is -0.143. The molecule has 2 unspecified atom stereocenters. The molecule has 22 heavy (non-hydrogen) atoms. The SMILES string of the molecule is CC1CCCC(Cc2cc(C(F)(F)F)cc(C(F)(F)F)c2)C1. The predicted octanol–water partition coefficient (Wildman–Crippen LogP) is 6.09.